The minimum atomic E-state index is 0.694. The summed E-state index contributed by atoms with van der Waals surface area (Å²) in [6, 6.07) is 17.9. The Kier molecular flexibility index (Phi) is 5.78. The smallest absolute Gasteiger partial charge is 0.0536 e. The van der Waals surface area contributed by atoms with Gasteiger partial charge >= 0.3 is 0 Å². The van der Waals surface area contributed by atoms with Gasteiger partial charge in [0.25, 0.3) is 0 Å². The molecule has 3 rings (SSSR count). The standard InChI is InChI=1S/C19H19Cl2N3/c20-17-6-8-18(9-7-17)23-12-14-24(15-13-23)22-11-10-19(21)16-4-2-1-3-5-16/h1-11H,12-15H2. The average molecular weight is 360 g/mol. The van der Waals surface area contributed by atoms with Crippen molar-refractivity contribution < 1.29 is 0 Å². The maximum Gasteiger partial charge on any atom is 0.0536 e. The lowest BCUT2D eigenvalue weighted by Crippen LogP contribution is -2.44. The van der Waals surface area contributed by atoms with E-state index in [-0.39, 0.29) is 0 Å². The zero-order valence-electron chi connectivity index (χ0n) is 13.3. The highest BCUT2D eigenvalue weighted by molar-refractivity contribution is 6.49. The van der Waals surface area contributed by atoms with E-state index in [0.717, 1.165) is 36.8 Å². The number of hydrogen-bond donors (Lipinski definition) is 0. The molecular formula is C19H19Cl2N3. The van der Waals surface area contributed by atoms with E-state index in [9.17, 15) is 0 Å². The molecule has 124 valence electrons. The first-order chi connectivity index (χ1) is 11.7. The van der Waals surface area contributed by atoms with Gasteiger partial charge in [0.2, 0.25) is 0 Å². The fraction of sp³-hybridized carbons (Fsp3) is 0.211. The second kappa shape index (κ2) is 8.22. The predicted molar refractivity (Wildman–Crippen MR) is 104 cm³/mol. The van der Waals surface area contributed by atoms with Crippen LogP contribution in [0.4, 0.5) is 5.69 Å². The molecule has 0 aromatic heterocycles. The van der Waals surface area contributed by atoms with Crippen molar-refractivity contribution in [3.05, 3.63) is 71.3 Å². The van der Waals surface area contributed by atoms with Gasteiger partial charge in [0.05, 0.1) is 13.1 Å². The molecule has 2 aromatic carbocycles. The minimum absolute atomic E-state index is 0.694. The molecule has 1 saturated heterocycles. The second-order valence-electron chi connectivity index (χ2n) is 5.56. The summed E-state index contributed by atoms with van der Waals surface area (Å²) in [4.78, 5) is 2.34. The molecule has 1 fully saturated rings. The van der Waals surface area contributed by atoms with Gasteiger partial charge in [-0.05, 0) is 35.9 Å². The molecule has 0 amide bonds. The Labute approximate surface area is 152 Å². The lowest BCUT2D eigenvalue weighted by atomic mass is 10.2. The maximum absolute atomic E-state index is 6.27. The number of hydrazone groups is 1. The SMILES string of the molecule is ClC(=CC=NN1CCN(c2ccc(Cl)cc2)CC1)c1ccccc1. The van der Waals surface area contributed by atoms with Crippen LogP contribution in [0.5, 0.6) is 0 Å². The minimum Gasteiger partial charge on any atom is -0.368 e. The van der Waals surface area contributed by atoms with Gasteiger partial charge in [-0.15, -0.1) is 0 Å². The summed E-state index contributed by atoms with van der Waals surface area (Å²) >= 11 is 12.2. The number of benzene rings is 2. The Morgan fingerprint density at radius 3 is 2.25 bits per heavy atom. The molecule has 0 saturated carbocycles. The van der Waals surface area contributed by atoms with E-state index in [4.69, 9.17) is 23.2 Å². The van der Waals surface area contributed by atoms with E-state index in [2.05, 4.69) is 27.1 Å². The molecule has 0 N–H and O–H groups in total. The number of anilines is 1. The summed E-state index contributed by atoms with van der Waals surface area (Å²) in [5.41, 5.74) is 2.20. The Morgan fingerprint density at radius 1 is 0.917 bits per heavy atom. The quantitative estimate of drug-likeness (QED) is 0.735. The third-order valence-electron chi connectivity index (χ3n) is 3.95. The fourth-order valence-corrected chi connectivity index (χ4v) is 2.92. The Morgan fingerprint density at radius 2 is 1.58 bits per heavy atom. The third kappa shape index (κ3) is 4.53. The van der Waals surface area contributed by atoms with Gasteiger partial charge in [0.1, 0.15) is 0 Å². The summed E-state index contributed by atoms with van der Waals surface area (Å²) in [7, 11) is 0. The van der Waals surface area contributed by atoms with Crippen molar-refractivity contribution >= 4 is 40.1 Å². The number of nitrogens with zero attached hydrogens (tertiary/aromatic N) is 3. The van der Waals surface area contributed by atoms with Gasteiger partial charge in [0.15, 0.2) is 0 Å². The highest BCUT2D eigenvalue weighted by Crippen LogP contribution is 2.20. The molecule has 0 aliphatic carbocycles. The summed E-state index contributed by atoms with van der Waals surface area (Å²) in [5.74, 6) is 0. The molecule has 1 aliphatic rings. The van der Waals surface area contributed by atoms with Crippen LogP contribution in [-0.4, -0.2) is 37.4 Å². The Hall–Kier alpha value is -1.97. The van der Waals surface area contributed by atoms with E-state index < -0.39 is 0 Å². The molecule has 24 heavy (non-hydrogen) atoms. The summed E-state index contributed by atoms with van der Waals surface area (Å²) < 4.78 is 0. The largest absolute Gasteiger partial charge is 0.368 e. The molecule has 0 radical (unpaired) electrons. The van der Waals surface area contributed by atoms with E-state index in [1.165, 1.54) is 5.69 Å². The van der Waals surface area contributed by atoms with Crippen molar-refractivity contribution in [3.63, 3.8) is 0 Å². The molecule has 1 aliphatic heterocycles. The van der Waals surface area contributed by atoms with Crippen LogP contribution in [0.2, 0.25) is 5.02 Å². The first-order valence-corrected chi connectivity index (χ1v) is 8.68. The normalized spacial score (nSPS) is 16.0. The molecule has 3 nitrogen and oxygen atoms in total. The summed E-state index contributed by atoms with van der Waals surface area (Å²) in [5, 5.41) is 8.02. The van der Waals surface area contributed by atoms with E-state index in [1.54, 1.807) is 6.21 Å². The van der Waals surface area contributed by atoms with Crippen LogP contribution < -0.4 is 4.90 Å². The van der Waals surface area contributed by atoms with Crippen molar-refractivity contribution in [2.24, 2.45) is 5.10 Å². The molecule has 0 spiro atoms. The van der Waals surface area contributed by atoms with Crippen LogP contribution >= 0.6 is 23.2 Å². The lowest BCUT2D eigenvalue weighted by molar-refractivity contribution is 0.272. The number of hydrogen-bond acceptors (Lipinski definition) is 3. The Balaban J connectivity index is 1.52. The first kappa shape index (κ1) is 16.9. The number of allylic oxidation sites excluding steroid dienone is 1. The zero-order valence-corrected chi connectivity index (χ0v) is 14.8. The summed E-state index contributed by atoms with van der Waals surface area (Å²) in [6.45, 7) is 3.65. The van der Waals surface area contributed by atoms with Crippen LogP contribution in [0.25, 0.3) is 5.03 Å². The van der Waals surface area contributed by atoms with E-state index >= 15 is 0 Å². The van der Waals surface area contributed by atoms with Gasteiger partial charge in [0, 0.05) is 35.0 Å². The number of halogens is 2. The lowest BCUT2D eigenvalue weighted by Gasteiger charge is -2.34. The van der Waals surface area contributed by atoms with Gasteiger partial charge in [-0.2, -0.15) is 5.10 Å². The van der Waals surface area contributed by atoms with Crippen molar-refractivity contribution in [1.82, 2.24) is 5.01 Å². The highest BCUT2D eigenvalue weighted by Gasteiger charge is 2.15. The third-order valence-corrected chi connectivity index (χ3v) is 4.54. The fourth-order valence-electron chi connectivity index (χ4n) is 2.61. The number of piperazine rings is 1. The van der Waals surface area contributed by atoms with E-state index in [1.807, 2.05) is 48.5 Å². The van der Waals surface area contributed by atoms with Crippen LogP contribution in [0.1, 0.15) is 5.56 Å². The topological polar surface area (TPSA) is 18.8 Å². The van der Waals surface area contributed by atoms with Crippen LogP contribution in [0.3, 0.4) is 0 Å². The van der Waals surface area contributed by atoms with E-state index in [0.29, 0.717) is 5.03 Å². The second-order valence-corrected chi connectivity index (χ2v) is 6.41. The zero-order chi connectivity index (χ0) is 16.8. The van der Waals surface area contributed by atoms with Crippen LogP contribution in [0, 0.1) is 0 Å². The molecule has 1 heterocycles. The maximum atomic E-state index is 6.27. The first-order valence-electron chi connectivity index (χ1n) is 7.93. The Bertz CT molecular complexity index is 703. The highest BCUT2D eigenvalue weighted by atomic mass is 35.5. The predicted octanol–water partition coefficient (Wildman–Crippen LogP) is 4.73. The van der Waals surface area contributed by atoms with Crippen LogP contribution in [0.15, 0.2) is 65.8 Å². The molecule has 0 atom stereocenters. The molecule has 5 heteroatoms. The summed E-state index contributed by atoms with van der Waals surface area (Å²) in [6.07, 6.45) is 3.61. The molecular weight excluding hydrogens is 341 g/mol. The van der Waals surface area contributed by atoms with Crippen LogP contribution in [-0.2, 0) is 0 Å². The van der Waals surface area contributed by atoms with Gasteiger partial charge in [-0.25, -0.2) is 0 Å². The van der Waals surface area contributed by atoms with Crippen molar-refractivity contribution in [2.75, 3.05) is 31.1 Å². The van der Waals surface area contributed by atoms with Gasteiger partial charge in [-0.3, -0.25) is 5.01 Å². The molecule has 2 aromatic rings. The number of rotatable bonds is 4. The van der Waals surface area contributed by atoms with Crippen molar-refractivity contribution in [3.8, 4) is 0 Å². The monoisotopic (exact) mass is 359 g/mol. The van der Waals surface area contributed by atoms with Crippen molar-refractivity contribution in [1.29, 1.82) is 0 Å². The van der Waals surface area contributed by atoms with Crippen molar-refractivity contribution in [2.45, 2.75) is 0 Å². The van der Waals surface area contributed by atoms with Gasteiger partial charge in [-0.1, -0.05) is 53.5 Å². The average Bonchev–Trinajstić information content (AvgIpc) is 2.64. The van der Waals surface area contributed by atoms with Gasteiger partial charge < -0.3 is 4.90 Å². The molecule has 0 unspecified atom stereocenters. The molecule has 0 bridgehead atoms.